The Labute approximate surface area is 145 Å². The van der Waals surface area contributed by atoms with Gasteiger partial charge in [0.05, 0.1) is 12.7 Å². The van der Waals surface area contributed by atoms with Crippen molar-refractivity contribution in [2.75, 3.05) is 6.61 Å². The molecule has 0 aliphatic carbocycles. The van der Waals surface area contributed by atoms with Crippen molar-refractivity contribution in [3.8, 4) is 5.75 Å². The van der Waals surface area contributed by atoms with E-state index in [-0.39, 0.29) is 12.5 Å². The topological polar surface area (TPSA) is 90.2 Å². The van der Waals surface area contributed by atoms with E-state index in [4.69, 9.17) is 14.9 Å². The van der Waals surface area contributed by atoms with Gasteiger partial charge in [0.15, 0.2) is 6.29 Å². The summed E-state index contributed by atoms with van der Waals surface area (Å²) in [6, 6.07) is 9.21. The monoisotopic (exact) mass is 342 g/mol. The van der Waals surface area contributed by atoms with Gasteiger partial charge in [-0.05, 0) is 31.4 Å². The maximum Gasteiger partial charge on any atom is 0.194 e. The van der Waals surface area contributed by atoms with E-state index < -0.39 is 18.5 Å². The highest BCUT2D eigenvalue weighted by Gasteiger charge is 2.23. The van der Waals surface area contributed by atoms with Crippen molar-refractivity contribution in [2.24, 2.45) is 5.92 Å². The van der Waals surface area contributed by atoms with Gasteiger partial charge >= 0.3 is 0 Å². The molecule has 0 fully saturated rings. The number of para-hydroxylation sites is 1. The first-order chi connectivity index (χ1) is 11.5. The van der Waals surface area contributed by atoms with Crippen molar-refractivity contribution >= 4 is 0 Å². The van der Waals surface area contributed by atoms with E-state index in [1.54, 1.807) is 19.1 Å². The predicted molar refractivity (Wildman–Crippen MR) is 95.8 cm³/mol. The van der Waals surface area contributed by atoms with Crippen molar-refractivity contribution < 1.29 is 25.2 Å². The van der Waals surface area contributed by atoms with Gasteiger partial charge in [0.25, 0.3) is 0 Å². The van der Waals surface area contributed by atoms with Gasteiger partial charge in [-0.25, -0.2) is 0 Å². The second-order valence-corrected chi connectivity index (χ2v) is 5.93. The minimum Gasteiger partial charge on any atom is -0.465 e. The number of hydrogen-bond acceptors (Lipinski definition) is 5. The van der Waals surface area contributed by atoms with Crippen molar-refractivity contribution in [3.63, 3.8) is 0 Å². The molecule has 4 atom stereocenters. The van der Waals surface area contributed by atoms with E-state index in [2.05, 4.69) is 6.92 Å². The normalized spacial score (nSPS) is 15.6. The van der Waals surface area contributed by atoms with Crippen LogP contribution in [0.4, 0.5) is 0 Å². The molecule has 0 saturated carbocycles. The third kappa shape index (κ3) is 10.6. The SMILES string of the molecule is CC(O)Oc1ccccc1.CCCCCC(CC)C(O)C(O)CO. The van der Waals surface area contributed by atoms with Crippen molar-refractivity contribution in [1.82, 2.24) is 0 Å². The molecule has 0 aromatic heterocycles. The smallest absolute Gasteiger partial charge is 0.194 e. The lowest BCUT2D eigenvalue weighted by atomic mass is 9.90. The van der Waals surface area contributed by atoms with Gasteiger partial charge in [-0.2, -0.15) is 0 Å². The van der Waals surface area contributed by atoms with Gasteiger partial charge in [0.1, 0.15) is 11.9 Å². The highest BCUT2D eigenvalue weighted by molar-refractivity contribution is 5.20. The summed E-state index contributed by atoms with van der Waals surface area (Å²) < 4.78 is 4.97. The van der Waals surface area contributed by atoms with Crippen LogP contribution in [0.15, 0.2) is 30.3 Å². The van der Waals surface area contributed by atoms with Gasteiger partial charge in [0.2, 0.25) is 0 Å². The van der Waals surface area contributed by atoms with Crippen LogP contribution in [0.1, 0.15) is 52.9 Å². The first-order valence-corrected chi connectivity index (χ1v) is 8.82. The van der Waals surface area contributed by atoms with E-state index >= 15 is 0 Å². The van der Waals surface area contributed by atoms with Crippen molar-refractivity contribution in [3.05, 3.63) is 30.3 Å². The molecule has 0 amide bonds. The predicted octanol–water partition coefficient (Wildman–Crippen LogP) is 2.71. The van der Waals surface area contributed by atoms with Crippen LogP contribution >= 0.6 is 0 Å². The zero-order valence-electron chi connectivity index (χ0n) is 15.1. The summed E-state index contributed by atoms with van der Waals surface area (Å²) in [5, 5.41) is 36.4. The average molecular weight is 342 g/mol. The molecule has 140 valence electrons. The minimum absolute atomic E-state index is 0.115. The van der Waals surface area contributed by atoms with Gasteiger partial charge in [-0.3, -0.25) is 0 Å². The average Bonchev–Trinajstić information content (AvgIpc) is 2.58. The molecule has 0 bridgehead atoms. The maximum absolute atomic E-state index is 9.67. The Morgan fingerprint density at radius 1 is 1.00 bits per heavy atom. The number of aliphatic hydroxyl groups is 4. The lowest BCUT2D eigenvalue weighted by Crippen LogP contribution is -2.35. The molecule has 24 heavy (non-hydrogen) atoms. The number of unbranched alkanes of at least 4 members (excludes halogenated alkanes) is 2. The zero-order valence-corrected chi connectivity index (χ0v) is 15.1. The standard InChI is InChI=1S/C11H24O3.C8H10O2/c1-3-5-6-7-9(4-2)11(14)10(13)8-12;1-7(9)10-8-5-3-2-4-6-8/h9-14H,3-8H2,1-2H3;2-7,9H,1H3. The number of rotatable bonds is 10. The maximum atomic E-state index is 9.67. The van der Waals surface area contributed by atoms with Crippen LogP contribution in [0.25, 0.3) is 0 Å². The van der Waals surface area contributed by atoms with E-state index in [1.807, 2.05) is 25.1 Å². The largest absolute Gasteiger partial charge is 0.465 e. The minimum atomic E-state index is -0.985. The van der Waals surface area contributed by atoms with Crippen molar-refractivity contribution in [1.29, 1.82) is 0 Å². The molecular weight excluding hydrogens is 308 g/mol. The molecule has 0 heterocycles. The summed E-state index contributed by atoms with van der Waals surface area (Å²) >= 11 is 0. The lowest BCUT2D eigenvalue weighted by Gasteiger charge is -2.24. The van der Waals surface area contributed by atoms with Crippen LogP contribution in [0, 0.1) is 5.92 Å². The third-order valence-corrected chi connectivity index (χ3v) is 3.82. The molecule has 0 aliphatic heterocycles. The first-order valence-electron chi connectivity index (χ1n) is 8.82. The molecule has 5 nitrogen and oxygen atoms in total. The third-order valence-electron chi connectivity index (χ3n) is 3.82. The fraction of sp³-hybridized carbons (Fsp3) is 0.684. The molecule has 1 rings (SSSR count). The van der Waals surface area contributed by atoms with Crippen molar-refractivity contribution in [2.45, 2.75) is 71.4 Å². The van der Waals surface area contributed by atoms with Crippen LogP contribution in [0.2, 0.25) is 0 Å². The Hall–Kier alpha value is -1.14. The van der Waals surface area contributed by atoms with Crippen LogP contribution in [0.5, 0.6) is 5.75 Å². The Kier molecular flexibility index (Phi) is 13.5. The van der Waals surface area contributed by atoms with Gasteiger partial charge in [-0.1, -0.05) is 57.7 Å². The molecule has 0 spiro atoms. The number of benzene rings is 1. The number of ether oxygens (including phenoxy) is 1. The first kappa shape index (κ1) is 22.9. The lowest BCUT2D eigenvalue weighted by molar-refractivity contribution is -0.0461. The summed E-state index contributed by atoms with van der Waals surface area (Å²) in [5.41, 5.74) is 0. The molecule has 4 unspecified atom stereocenters. The van der Waals surface area contributed by atoms with Gasteiger partial charge < -0.3 is 25.2 Å². The zero-order chi connectivity index (χ0) is 18.4. The molecule has 1 aromatic carbocycles. The van der Waals surface area contributed by atoms with E-state index in [0.717, 1.165) is 25.7 Å². The molecule has 4 N–H and O–H groups in total. The molecule has 0 radical (unpaired) electrons. The fourth-order valence-corrected chi connectivity index (χ4v) is 2.39. The van der Waals surface area contributed by atoms with E-state index in [1.165, 1.54) is 6.42 Å². The quantitative estimate of drug-likeness (QED) is 0.388. The molecule has 0 saturated heterocycles. The highest BCUT2D eigenvalue weighted by Crippen LogP contribution is 2.19. The van der Waals surface area contributed by atoms with Gasteiger partial charge in [0, 0.05) is 0 Å². The van der Waals surface area contributed by atoms with Crippen LogP contribution < -0.4 is 4.74 Å². The van der Waals surface area contributed by atoms with Gasteiger partial charge in [-0.15, -0.1) is 0 Å². The Morgan fingerprint density at radius 2 is 1.62 bits per heavy atom. The second kappa shape index (κ2) is 14.2. The highest BCUT2D eigenvalue weighted by atomic mass is 16.6. The summed E-state index contributed by atoms with van der Waals surface area (Å²) in [5.74, 6) is 0.807. The molecule has 5 heteroatoms. The summed E-state index contributed by atoms with van der Waals surface area (Å²) in [6.45, 7) is 5.36. The summed E-state index contributed by atoms with van der Waals surface area (Å²) in [4.78, 5) is 0. The van der Waals surface area contributed by atoms with Crippen LogP contribution in [0.3, 0.4) is 0 Å². The Balaban J connectivity index is 0.000000463. The molecule has 1 aromatic rings. The Bertz CT molecular complexity index is 383. The van der Waals surface area contributed by atoms with E-state index in [9.17, 15) is 10.2 Å². The fourth-order valence-electron chi connectivity index (χ4n) is 2.39. The van der Waals surface area contributed by atoms with E-state index in [0.29, 0.717) is 5.75 Å². The molecule has 0 aliphatic rings. The number of hydrogen-bond donors (Lipinski definition) is 4. The summed E-state index contributed by atoms with van der Waals surface area (Å²) in [7, 11) is 0. The van der Waals surface area contributed by atoms with Crippen LogP contribution in [-0.4, -0.2) is 45.5 Å². The second-order valence-electron chi connectivity index (χ2n) is 5.93. The van der Waals surface area contributed by atoms with Crippen LogP contribution in [-0.2, 0) is 0 Å². The molecular formula is C19H34O5. The summed E-state index contributed by atoms with van der Waals surface area (Å²) in [6.07, 6.45) is 2.70. The Morgan fingerprint density at radius 3 is 2.08 bits per heavy atom. The number of aliphatic hydroxyl groups excluding tert-OH is 4.